The molecule has 0 fully saturated rings. The molecular weight excluding hydrogens is 333 g/mol. The number of ether oxygens (including phenoxy) is 1. The maximum atomic E-state index is 15.3. The van der Waals surface area contributed by atoms with Gasteiger partial charge in [0.15, 0.2) is 0 Å². The quantitative estimate of drug-likeness (QED) is 0.535. The van der Waals surface area contributed by atoms with Crippen LogP contribution >= 0.6 is 0 Å². The van der Waals surface area contributed by atoms with Gasteiger partial charge in [0.2, 0.25) is 0 Å². The second kappa shape index (κ2) is 7.95. The van der Waals surface area contributed by atoms with Gasteiger partial charge in [-0.2, -0.15) is 0 Å². The summed E-state index contributed by atoms with van der Waals surface area (Å²) >= 11 is 0. The van der Waals surface area contributed by atoms with Gasteiger partial charge in [-0.05, 0) is 36.6 Å². The van der Waals surface area contributed by atoms with Crippen molar-refractivity contribution in [3.05, 3.63) is 93.3 Å². The lowest BCUT2D eigenvalue weighted by Crippen LogP contribution is -2.08. The average molecular weight is 352 g/mol. The maximum Gasteiger partial charge on any atom is 0.269 e. The number of nitro benzene ring substituents is 1. The largest absolute Gasteiger partial charge is 0.493 e. The first-order chi connectivity index (χ1) is 12.6. The van der Waals surface area contributed by atoms with Crippen molar-refractivity contribution >= 4 is 5.69 Å². The van der Waals surface area contributed by atoms with Gasteiger partial charge in [-0.1, -0.05) is 36.4 Å². The molecule has 0 heterocycles. The Balaban J connectivity index is 1.93. The third kappa shape index (κ3) is 3.82. The Labute approximate surface area is 151 Å². The highest BCUT2D eigenvalue weighted by molar-refractivity contribution is 5.46. The summed E-state index contributed by atoms with van der Waals surface area (Å²) in [7, 11) is 0. The number of rotatable bonds is 6. The molecule has 1 radical (unpaired) electrons. The van der Waals surface area contributed by atoms with Crippen LogP contribution in [0.1, 0.15) is 36.0 Å². The van der Waals surface area contributed by atoms with E-state index in [0.717, 1.165) is 5.56 Å². The van der Waals surface area contributed by atoms with Crippen LogP contribution in [0.2, 0.25) is 0 Å². The summed E-state index contributed by atoms with van der Waals surface area (Å²) in [5.74, 6) is 0.154. The fourth-order valence-corrected chi connectivity index (χ4v) is 3.06. The minimum absolute atomic E-state index is 0.0243. The number of hydrogen-bond donors (Lipinski definition) is 0. The zero-order valence-corrected chi connectivity index (χ0v) is 14.4. The predicted molar refractivity (Wildman–Crippen MR) is 97.8 cm³/mol. The Hall–Kier alpha value is -2.95. The van der Waals surface area contributed by atoms with E-state index in [1.54, 1.807) is 24.3 Å². The number of nitro groups is 1. The molecule has 0 N–H and O–H groups in total. The van der Waals surface area contributed by atoms with E-state index in [0.29, 0.717) is 36.3 Å². The van der Waals surface area contributed by atoms with Gasteiger partial charge in [0, 0.05) is 30.0 Å². The molecule has 0 aliphatic heterocycles. The van der Waals surface area contributed by atoms with Gasteiger partial charge in [-0.15, -0.1) is 0 Å². The fourth-order valence-electron chi connectivity index (χ4n) is 3.06. The van der Waals surface area contributed by atoms with Crippen LogP contribution in [0, 0.1) is 22.0 Å². The van der Waals surface area contributed by atoms with Crippen molar-refractivity contribution in [3.8, 4) is 5.75 Å². The molecule has 0 saturated carbocycles. The van der Waals surface area contributed by atoms with Crippen LogP contribution in [0.4, 0.5) is 10.1 Å². The number of benzene rings is 2. The van der Waals surface area contributed by atoms with Crippen molar-refractivity contribution in [2.75, 3.05) is 6.61 Å². The molecule has 2 aromatic carbocycles. The topological polar surface area (TPSA) is 52.4 Å². The summed E-state index contributed by atoms with van der Waals surface area (Å²) in [5.41, 5.74) is 1.93. The number of halogens is 1. The Morgan fingerprint density at radius 2 is 2.04 bits per heavy atom. The second-order valence-electron chi connectivity index (χ2n) is 6.06. The zero-order chi connectivity index (χ0) is 18.5. The van der Waals surface area contributed by atoms with Crippen molar-refractivity contribution < 1.29 is 14.1 Å². The number of nitrogens with zero attached hydrogens (tertiary/aromatic N) is 1. The molecular formula is C21H19FNO3. The van der Waals surface area contributed by atoms with Crippen LogP contribution in [0.3, 0.4) is 0 Å². The maximum absolute atomic E-state index is 15.3. The summed E-state index contributed by atoms with van der Waals surface area (Å²) in [6.45, 7) is 2.33. The summed E-state index contributed by atoms with van der Waals surface area (Å²) in [4.78, 5) is 10.3. The molecule has 133 valence electrons. The molecule has 0 aromatic heterocycles. The molecule has 4 nitrogen and oxygen atoms in total. The van der Waals surface area contributed by atoms with Crippen LogP contribution in [0.15, 0.2) is 54.6 Å². The average Bonchev–Trinajstić information content (AvgIpc) is 2.65. The van der Waals surface area contributed by atoms with E-state index in [9.17, 15) is 10.1 Å². The molecule has 1 atom stereocenters. The molecule has 1 unspecified atom stereocenters. The van der Waals surface area contributed by atoms with Crippen LogP contribution < -0.4 is 4.74 Å². The highest BCUT2D eigenvalue weighted by Gasteiger charge is 2.22. The van der Waals surface area contributed by atoms with E-state index in [2.05, 4.69) is 6.08 Å². The van der Waals surface area contributed by atoms with Gasteiger partial charge >= 0.3 is 0 Å². The Kier molecular flexibility index (Phi) is 5.46. The molecule has 3 rings (SSSR count). The van der Waals surface area contributed by atoms with Gasteiger partial charge in [-0.3, -0.25) is 10.1 Å². The van der Waals surface area contributed by atoms with Crippen LogP contribution in [-0.2, 0) is 6.42 Å². The first-order valence-corrected chi connectivity index (χ1v) is 8.52. The van der Waals surface area contributed by atoms with Gasteiger partial charge in [0.1, 0.15) is 11.6 Å². The summed E-state index contributed by atoms with van der Waals surface area (Å²) < 4.78 is 20.9. The normalized spacial score (nSPS) is 15.8. The van der Waals surface area contributed by atoms with E-state index in [4.69, 9.17) is 4.74 Å². The van der Waals surface area contributed by atoms with Crippen molar-refractivity contribution in [1.82, 2.24) is 0 Å². The highest BCUT2D eigenvalue weighted by atomic mass is 19.1. The van der Waals surface area contributed by atoms with E-state index >= 15 is 4.39 Å². The molecule has 1 aliphatic rings. The molecule has 0 spiro atoms. The first kappa shape index (κ1) is 17.9. The first-order valence-electron chi connectivity index (χ1n) is 8.52. The van der Waals surface area contributed by atoms with E-state index in [-0.39, 0.29) is 17.4 Å². The van der Waals surface area contributed by atoms with Gasteiger partial charge in [-0.25, -0.2) is 4.39 Å². The number of non-ortho nitro benzene ring substituents is 1. The predicted octanol–water partition coefficient (Wildman–Crippen LogP) is 5.13. The zero-order valence-electron chi connectivity index (χ0n) is 14.4. The summed E-state index contributed by atoms with van der Waals surface area (Å²) in [6, 6.07) is 9.71. The molecule has 0 bridgehead atoms. The van der Waals surface area contributed by atoms with E-state index < -0.39 is 4.92 Å². The van der Waals surface area contributed by atoms with Gasteiger partial charge in [0.25, 0.3) is 5.69 Å². The highest BCUT2D eigenvalue weighted by Crippen LogP contribution is 2.36. The third-order valence-electron chi connectivity index (χ3n) is 4.33. The molecule has 2 aromatic rings. The van der Waals surface area contributed by atoms with Gasteiger partial charge in [0.05, 0.1) is 11.5 Å². The lowest BCUT2D eigenvalue weighted by atomic mass is 9.89. The summed E-state index contributed by atoms with van der Waals surface area (Å²) in [5, 5.41) is 10.8. The van der Waals surface area contributed by atoms with Crippen molar-refractivity contribution in [3.63, 3.8) is 0 Å². The standard InChI is InChI=1S/C21H19FNO3/c1-2-26-19-13-10-17(14-15-8-11-18(12-9-15)23(24)25)21(22)20(19)16-6-4-3-5-7-16/h3-4,7-13,16H,2,6,14H2,1H3. The van der Waals surface area contributed by atoms with E-state index in [1.165, 1.54) is 12.1 Å². The lowest BCUT2D eigenvalue weighted by molar-refractivity contribution is -0.384. The number of allylic oxidation sites excluding steroid dienone is 4. The van der Waals surface area contributed by atoms with Crippen LogP contribution in [0.25, 0.3) is 0 Å². The number of hydrogen-bond acceptors (Lipinski definition) is 3. The van der Waals surface area contributed by atoms with Crippen molar-refractivity contribution in [2.24, 2.45) is 0 Å². The molecule has 5 heteroatoms. The third-order valence-corrected chi connectivity index (χ3v) is 4.33. The Morgan fingerprint density at radius 3 is 2.65 bits per heavy atom. The minimum Gasteiger partial charge on any atom is -0.493 e. The lowest BCUT2D eigenvalue weighted by Gasteiger charge is -2.20. The monoisotopic (exact) mass is 352 g/mol. The van der Waals surface area contributed by atoms with Crippen LogP contribution in [0.5, 0.6) is 5.75 Å². The van der Waals surface area contributed by atoms with E-state index in [1.807, 2.05) is 25.2 Å². The van der Waals surface area contributed by atoms with Crippen LogP contribution in [-0.4, -0.2) is 11.5 Å². The molecule has 0 amide bonds. The summed E-state index contributed by atoms with van der Waals surface area (Å²) in [6.07, 6.45) is 9.73. The Bertz CT molecular complexity index is 856. The fraction of sp³-hybridized carbons (Fsp3) is 0.238. The smallest absolute Gasteiger partial charge is 0.269 e. The molecule has 0 saturated heterocycles. The molecule has 26 heavy (non-hydrogen) atoms. The molecule has 1 aliphatic carbocycles. The Morgan fingerprint density at radius 1 is 1.27 bits per heavy atom. The SMILES string of the molecule is CCOc1ccc(Cc2ccc([N+](=O)[O-])cc2)c(F)c1C1C=[C]C=CC1. The second-order valence-corrected chi connectivity index (χ2v) is 6.06. The minimum atomic E-state index is -0.446. The van der Waals surface area contributed by atoms with Gasteiger partial charge < -0.3 is 4.74 Å². The van der Waals surface area contributed by atoms with Crippen molar-refractivity contribution in [1.29, 1.82) is 0 Å². The van der Waals surface area contributed by atoms with Crippen molar-refractivity contribution in [2.45, 2.75) is 25.7 Å².